The minimum absolute atomic E-state index is 0.945. The Kier molecular flexibility index (Phi) is 46.0. The maximum atomic E-state index is 8.59. The smallest absolute Gasteiger partial charge is 0.254 e. The van der Waals surface area contributed by atoms with E-state index in [0.29, 0.717) is 0 Å². The first-order valence-corrected chi connectivity index (χ1v) is 56.5. The van der Waals surface area contributed by atoms with Crippen LogP contribution >= 0.6 is 796 Å². The minimum Gasteiger partial charge on any atom is -0.288 e. The molecule has 0 aromatic rings. The largest absolute Gasteiger partial charge is 0.288 e. The molecular formula is C24H2Br50O3S. The number of alkyl halides is 50. The van der Waals surface area contributed by atoms with Gasteiger partial charge in [-0.25, -0.2) is 8.42 Å². The van der Waals surface area contributed by atoms with Crippen LogP contribution in [0.3, 0.4) is 0 Å². The van der Waals surface area contributed by atoms with Gasteiger partial charge in [-0.3, -0.25) is 4.55 Å². The zero-order chi connectivity index (χ0) is 65.6. The van der Waals surface area contributed by atoms with Crippen molar-refractivity contribution in [2.45, 2.75) is 75.4 Å². The van der Waals surface area contributed by atoms with Gasteiger partial charge in [-0.1, -0.05) is 796 Å². The van der Waals surface area contributed by atoms with Crippen LogP contribution in [0.1, 0.15) is 0 Å². The Hall–Kier alpha value is 23.9. The summed E-state index contributed by atoms with van der Waals surface area (Å²) in [5.74, 6) is 0. The van der Waals surface area contributed by atoms with Crippen LogP contribution in [0, 0.1) is 0 Å². The first-order valence-electron chi connectivity index (χ1n) is 15.8. The molecule has 0 bridgehead atoms. The van der Waals surface area contributed by atoms with E-state index in [2.05, 4.69) is 796 Å². The van der Waals surface area contributed by atoms with Crippen LogP contribution in [0.25, 0.3) is 0 Å². The van der Waals surface area contributed by atoms with Gasteiger partial charge in [0.05, 0.1) is 0 Å². The minimum atomic E-state index is -3.12. The zero-order valence-electron chi connectivity index (χ0n) is 32.6. The summed E-state index contributed by atoms with van der Waals surface area (Å²) in [6.45, 7) is 0. The fourth-order valence-electron chi connectivity index (χ4n) is 4.30. The van der Waals surface area contributed by atoms with E-state index in [4.69, 9.17) is 13.0 Å². The number of rotatable bonds is 21. The van der Waals surface area contributed by atoms with Gasteiger partial charge in [-0.05, 0) is 0 Å². The highest BCUT2D eigenvalue weighted by atomic mass is 80.0. The number of hydrogen-bond donors (Lipinski definition) is 2. The molecule has 0 amide bonds. The number of hydrogen-bond acceptors (Lipinski definition) is 2. The molecule has 0 saturated carbocycles. The van der Waals surface area contributed by atoms with Gasteiger partial charge in [0.1, 0.15) is 71.1 Å². The Morgan fingerprint density at radius 1 is 0.141 bits per heavy atom. The highest BCUT2D eigenvalue weighted by Gasteiger charge is 2.86. The quantitative estimate of drug-likeness (QED) is 0.0684. The lowest BCUT2D eigenvalue weighted by molar-refractivity contribution is 0.509. The summed E-state index contributed by atoms with van der Waals surface area (Å²) in [7, 11) is -3.12. The lowest BCUT2D eigenvalue weighted by Gasteiger charge is -2.63. The van der Waals surface area contributed by atoms with Gasteiger partial charge in [0, 0.05) is 0 Å². The summed E-state index contributed by atoms with van der Waals surface area (Å²) < 4.78 is -7.22. The summed E-state index contributed by atoms with van der Waals surface area (Å²) in [6.07, 6.45) is 0. The third-order valence-corrected chi connectivity index (χ3v) is 116. The summed E-state index contributed by atoms with van der Waals surface area (Å²) >= 11 is 199. The van der Waals surface area contributed by atoms with Crippen molar-refractivity contribution in [2.24, 2.45) is 0 Å². The summed E-state index contributed by atoms with van der Waals surface area (Å²) in [4.78, 5) is 0. The standard InChI is InChI=1S/C24Br50.H2O3S/c25-1(26,3(29,30)5(33,34)7(37,38)9(41,42)11(45,46)13(49,50)15(53,54)17(57,58)19(61,62)21(65,66)23(69,70)71)2(27,28)4(31,32)6(35,36)8(39,40)10(43,44)12(47,48)14(51,52)16(55,56)18(59,60)20(63,64)22(67,68)24(72,73)74;1-4(2)3/h;4H,(H,1,2,3). The molecule has 0 rings (SSSR count). The molecule has 0 aliphatic carbocycles. The van der Waals surface area contributed by atoms with Crippen molar-refractivity contribution in [3.63, 3.8) is 0 Å². The summed E-state index contributed by atoms with van der Waals surface area (Å²) in [5.41, 5.74) is 0. The Balaban J connectivity index is 0. The van der Waals surface area contributed by atoms with E-state index >= 15 is 0 Å². The first-order chi connectivity index (χ1) is 32.5. The van der Waals surface area contributed by atoms with E-state index in [1.807, 2.05) is 0 Å². The van der Waals surface area contributed by atoms with Crippen LogP contribution in [-0.4, -0.2) is 88.4 Å². The lowest BCUT2D eigenvalue weighted by atomic mass is 10.00. The zero-order valence-corrected chi connectivity index (χ0v) is 113. The predicted molar refractivity (Wildman–Crippen MR) is 525 cm³/mol. The molecule has 0 unspecified atom stereocenters. The van der Waals surface area contributed by atoms with E-state index < -0.39 is 86.4 Å². The third-order valence-electron chi connectivity index (χ3n) is 8.99. The van der Waals surface area contributed by atoms with E-state index in [1.54, 1.807) is 0 Å². The monoisotopic (exact) mass is 4320 g/mol. The third kappa shape index (κ3) is 18.3. The lowest BCUT2D eigenvalue weighted by Crippen LogP contribution is -2.75. The first kappa shape index (κ1) is 104. The van der Waals surface area contributed by atoms with E-state index in [9.17, 15) is 0 Å². The SMILES string of the molecule is BrC(Br)(Br)C(Br)(Br)C(Br)(Br)C(Br)(Br)C(Br)(Br)C(Br)(Br)C(Br)(Br)C(Br)(Br)C(Br)(Br)C(Br)(Br)C(Br)(Br)C(Br)(Br)C(Br)(Br)C(Br)(Br)C(Br)(Br)C(Br)(Br)C(Br)(Br)C(Br)(Br)C(Br)(Br)C(Br)(Br)C(Br)(Br)C(Br)(Br)C(Br)(Br)C(Br)(Br)Br.O=[SH](=O)O. The molecule has 0 saturated heterocycles. The molecule has 78 heavy (non-hydrogen) atoms. The Bertz CT molecular complexity index is 2060. The van der Waals surface area contributed by atoms with Gasteiger partial charge in [-0.15, -0.1) is 0 Å². The maximum absolute atomic E-state index is 8.59. The molecular weight excluding hydrogens is 4360 g/mol. The van der Waals surface area contributed by atoms with Crippen LogP contribution in [0.15, 0.2) is 0 Å². The predicted octanol–water partition coefficient (Wildman–Crippen LogP) is 36.4. The van der Waals surface area contributed by atoms with E-state index in [0.717, 1.165) is 0 Å². The Morgan fingerprint density at radius 2 is 0.179 bits per heavy atom. The van der Waals surface area contributed by atoms with Crippen molar-refractivity contribution in [1.82, 2.24) is 0 Å². The highest BCUT2D eigenvalue weighted by Crippen LogP contribution is 2.86. The van der Waals surface area contributed by atoms with Gasteiger partial charge in [0.25, 0.3) is 11.0 Å². The molecule has 0 radical (unpaired) electrons. The molecule has 3 nitrogen and oxygen atoms in total. The van der Waals surface area contributed by atoms with E-state index in [-0.39, 0.29) is 0 Å². The Labute approximate surface area is 872 Å². The van der Waals surface area contributed by atoms with Crippen molar-refractivity contribution in [3.8, 4) is 0 Å². The van der Waals surface area contributed by atoms with E-state index in [1.165, 1.54) is 0 Å². The second-order valence-electron chi connectivity index (χ2n) is 13.9. The van der Waals surface area contributed by atoms with Gasteiger partial charge >= 0.3 is 0 Å². The van der Waals surface area contributed by atoms with Crippen molar-refractivity contribution in [3.05, 3.63) is 0 Å². The average Bonchev–Trinajstić information content (AvgIpc) is 3.17. The molecule has 0 atom stereocenters. The fraction of sp³-hybridized carbons (Fsp3) is 1.00. The maximum Gasteiger partial charge on any atom is 0.254 e. The fourth-order valence-corrected chi connectivity index (χ4v) is 55.5. The Morgan fingerprint density at radius 3 is 0.218 bits per heavy atom. The molecule has 0 heterocycles. The number of thiol groups is 1. The van der Waals surface area contributed by atoms with Crippen molar-refractivity contribution in [2.75, 3.05) is 0 Å². The molecule has 0 spiro atoms. The second kappa shape index (κ2) is 34.5. The van der Waals surface area contributed by atoms with Crippen LogP contribution in [0.2, 0.25) is 0 Å². The van der Waals surface area contributed by atoms with Gasteiger partial charge < -0.3 is 0 Å². The van der Waals surface area contributed by atoms with Crippen molar-refractivity contribution in [1.29, 1.82) is 0 Å². The molecule has 54 heteroatoms. The summed E-state index contributed by atoms with van der Waals surface area (Å²) in [6, 6.07) is 0. The topological polar surface area (TPSA) is 54.4 Å². The van der Waals surface area contributed by atoms with Crippen molar-refractivity contribution >= 4 is 807 Å². The van der Waals surface area contributed by atoms with Crippen LogP contribution in [-0.2, 0) is 11.0 Å². The van der Waals surface area contributed by atoms with Gasteiger partial charge in [0.2, 0.25) is 0 Å². The highest BCUT2D eigenvalue weighted by molar-refractivity contribution is 9.45. The molecule has 0 fully saturated rings. The molecule has 0 aliphatic rings. The van der Waals surface area contributed by atoms with Gasteiger partial charge in [-0.2, -0.15) is 0 Å². The second-order valence-corrected chi connectivity index (χ2v) is 104. The van der Waals surface area contributed by atoms with Crippen LogP contribution in [0.4, 0.5) is 0 Å². The van der Waals surface area contributed by atoms with Gasteiger partial charge in [0.15, 0.2) is 4.29 Å². The molecule has 0 aromatic carbocycles. The molecule has 0 aliphatic heterocycles. The summed E-state index contributed by atoms with van der Waals surface area (Å²) in [5, 5.41) is 0. The van der Waals surface area contributed by atoms with Crippen LogP contribution in [0.5, 0.6) is 0 Å². The van der Waals surface area contributed by atoms with Crippen molar-refractivity contribution < 1.29 is 13.0 Å². The molecule has 472 valence electrons. The average molecular weight is 4370 g/mol. The molecule has 0 aromatic heterocycles. The normalized spacial score (nSPS) is 17.1. The number of halogens is 50. The molecule has 1 N–H and O–H groups in total. The van der Waals surface area contributed by atoms with Crippen LogP contribution < -0.4 is 0 Å².